The van der Waals surface area contributed by atoms with Crippen LogP contribution in [0.1, 0.15) is 64.2 Å². The van der Waals surface area contributed by atoms with E-state index >= 15 is 0 Å². The molecule has 4 heterocycles. The summed E-state index contributed by atoms with van der Waals surface area (Å²) in [6, 6.07) is 10.2. The number of fused-ring (bicyclic) bond motifs is 1. The minimum absolute atomic E-state index is 0.0410. The predicted octanol–water partition coefficient (Wildman–Crippen LogP) is 3.95. The molecular weight excluding hydrogens is 576 g/mol. The number of amides is 1. The average molecular weight is 610 g/mol. The minimum Gasteiger partial charge on any atom is -0.545 e. The van der Waals surface area contributed by atoms with Crippen molar-refractivity contribution >= 4 is 17.7 Å². The van der Waals surface area contributed by atoms with Crippen LogP contribution in [-0.4, -0.2) is 69.2 Å². The van der Waals surface area contributed by atoms with Gasteiger partial charge in [0.1, 0.15) is 22.8 Å². The lowest BCUT2D eigenvalue weighted by Gasteiger charge is -2.44. The average Bonchev–Trinajstić information content (AvgIpc) is 3.46. The van der Waals surface area contributed by atoms with Gasteiger partial charge in [-0.1, -0.05) is 6.07 Å². The number of carboxylic acid groups (broad SMARTS) is 1. The number of carbonyl (C=O) groups is 3. The van der Waals surface area contributed by atoms with Crippen LogP contribution in [0.3, 0.4) is 0 Å². The van der Waals surface area contributed by atoms with Crippen LogP contribution in [0, 0.1) is 0 Å². The Hall–Kier alpha value is -5.19. The van der Waals surface area contributed by atoms with Crippen molar-refractivity contribution in [1.82, 2.24) is 19.7 Å². The number of rotatable bonds is 8. The summed E-state index contributed by atoms with van der Waals surface area (Å²) in [5.74, 6) is 0.0482. The zero-order chi connectivity index (χ0) is 31.7. The highest BCUT2D eigenvalue weighted by Crippen LogP contribution is 2.43. The van der Waals surface area contributed by atoms with Gasteiger partial charge in [-0.25, -0.2) is 0 Å². The molecule has 11 heteroatoms. The number of piperidine rings is 1. The highest BCUT2D eigenvalue weighted by atomic mass is 16.5. The number of likely N-dealkylation sites (tertiary alicyclic amines) is 1. The fourth-order valence-corrected chi connectivity index (χ4v) is 6.05. The van der Waals surface area contributed by atoms with Gasteiger partial charge in [-0.3, -0.25) is 19.3 Å². The molecule has 0 aliphatic carbocycles. The molecule has 1 spiro atoms. The van der Waals surface area contributed by atoms with E-state index in [1.807, 2.05) is 27.1 Å². The highest BCUT2D eigenvalue weighted by molar-refractivity contribution is 6.02. The number of aromatic carboxylic acids is 1. The van der Waals surface area contributed by atoms with Gasteiger partial charge >= 0.3 is 0 Å². The van der Waals surface area contributed by atoms with E-state index in [9.17, 15) is 19.5 Å². The first-order valence-electron chi connectivity index (χ1n) is 14.9. The molecule has 6 rings (SSSR count). The lowest BCUT2D eigenvalue weighted by atomic mass is 9.82. The van der Waals surface area contributed by atoms with Crippen LogP contribution in [0.5, 0.6) is 17.2 Å². The van der Waals surface area contributed by atoms with Crippen LogP contribution >= 0.6 is 0 Å². The quantitative estimate of drug-likeness (QED) is 0.291. The first-order valence-corrected chi connectivity index (χ1v) is 14.9. The molecule has 2 aliphatic heterocycles. The summed E-state index contributed by atoms with van der Waals surface area (Å²) in [5, 5.41) is 15.6. The SMILES string of the molecule is CCOc1cc(C(=O)N2CCC3(CC2)CC(=O)c2cc(-c4cncc(C(=O)[O-])c4)ccc2O3)cc(OCC)c1-c1cnn(C)c1. The smallest absolute Gasteiger partial charge is 0.254 e. The minimum atomic E-state index is -1.32. The largest absolute Gasteiger partial charge is 0.545 e. The number of carboxylic acids is 1. The second kappa shape index (κ2) is 12.1. The van der Waals surface area contributed by atoms with E-state index in [0.717, 1.165) is 11.1 Å². The molecule has 1 fully saturated rings. The third-order valence-corrected chi connectivity index (χ3v) is 8.26. The maximum absolute atomic E-state index is 13.8. The van der Waals surface area contributed by atoms with Gasteiger partial charge in [0.15, 0.2) is 5.78 Å². The van der Waals surface area contributed by atoms with E-state index in [4.69, 9.17) is 14.2 Å². The molecule has 0 N–H and O–H groups in total. The molecule has 0 radical (unpaired) electrons. The van der Waals surface area contributed by atoms with Crippen molar-refractivity contribution in [3.05, 3.63) is 77.9 Å². The number of pyridine rings is 1. The molecule has 0 unspecified atom stereocenters. The summed E-state index contributed by atoms with van der Waals surface area (Å²) in [4.78, 5) is 44.2. The Morgan fingerprint density at radius 3 is 2.27 bits per heavy atom. The van der Waals surface area contributed by atoms with E-state index in [-0.39, 0.29) is 23.7 Å². The standard InChI is InChI=1S/C34H34N4O7/c1-4-43-29-14-22(15-30(44-5-2)31(29)25-19-36-37(3)20-25)32(40)38-10-8-34(9-11-38)16-27(39)26-13-21(6-7-28(26)45-34)23-12-24(33(41)42)18-35-17-23/h6-7,12-15,17-20H,4-5,8-11,16H2,1-3H3,(H,41,42)/p-1. The molecule has 2 aromatic carbocycles. The first-order chi connectivity index (χ1) is 21.7. The van der Waals surface area contributed by atoms with E-state index in [0.29, 0.717) is 78.6 Å². The Bertz CT molecular complexity index is 1760. The second-order valence-electron chi connectivity index (χ2n) is 11.3. The third kappa shape index (κ3) is 5.85. The van der Waals surface area contributed by atoms with Crippen LogP contribution in [0.25, 0.3) is 22.3 Å². The van der Waals surface area contributed by atoms with Crippen molar-refractivity contribution in [3.8, 4) is 39.5 Å². The van der Waals surface area contributed by atoms with Gasteiger partial charge < -0.3 is 29.0 Å². The zero-order valence-corrected chi connectivity index (χ0v) is 25.4. The van der Waals surface area contributed by atoms with Crippen molar-refractivity contribution in [2.24, 2.45) is 7.05 Å². The first kappa shape index (κ1) is 29.9. The molecule has 11 nitrogen and oxygen atoms in total. The normalized spacial score (nSPS) is 15.4. The van der Waals surface area contributed by atoms with Gasteiger partial charge in [0.05, 0.1) is 42.9 Å². The number of ether oxygens (including phenoxy) is 3. The van der Waals surface area contributed by atoms with E-state index in [1.54, 1.807) is 46.1 Å². The van der Waals surface area contributed by atoms with Gasteiger partial charge in [0, 0.05) is 73.8 Å². The van der Waals surface area contributed by atoms with Gasteiger partial charge in [-0.15, -0.1) is 0 Å². The zero-order valence-electron chi connectivity index (χ0n) is 25.4. The van der Waals surface area contributed by atoms with Crippen molar-refractivity contribution in [2.45, 2.75) is 38.7 Å². The third-order valence-electron chi connectivity index (χ3n) is 8.26. The van der Waals surface area contributed by atoms with Gasteiger partial charge in [0.25, 0.3) is 5.91 Å². The number of aryl methyl sites for hydroxylation is 1. The Labute approximate surface area is 260 Å². The Kier molecular flexibility index (Phi) is 8.01. The lowest BCUT2D eigenvalue weighted by molar-refractivity contribution is -0.255. The Morgan fingerprint density at radius 1 is 0.933 bits per heavy atom. The summed E-state index contributed by atoms with van der Waals surface area (Å²) in [5.41, 5.74) is 2.95. The number of benzene rings is 2. The maximum Gasteiger partial charge on any atom is 0.254 e. The predicted molar refractivity (Wildman–Crippen MR) is 162 cm³/mol. The Morgan fingerprint density at radius 2 is 1.64 bits per heavy atom. The number of ketones is 1. The molecule has 0 atom stereocenters. The fraction of sp³-hybridized carbons (Fsp3) is 0.324. The molecule has 2 aromatic heterocycles. The van der Waals surface area contributed by atoms with Gasteiger partial charge in [-0.2, -0.15) is 5.10 Å². The summed E-state index contributed by atoms with van der Waals surface area (Å²) in [6.45, 7) is 5.45. The second-order valence-corrected chi connectivity index (χ2v) is 11.3. The number of carbonyl (C=O) groups excluding carboxylic acids is 3. The van der Waals surface area contributed by atoms with Crippen molar-refractivity contribution in [3.63, 3.8) is 0 Å². The summed E-state index contributed by atoms with van der Waals surface area (Å²) < 4.78 is 20.1. The summed E-state index contributed by atoms with van der Waals surface area (Å²) in [7, 11) is 1.84. The Balaban J connectivity index is 1.20. The van der Waals surface area contributed by atoms with Crippen molar-refractivity contribution < 1.29 is 33.7 Å². The number of Topliss-reactive ketones (excluding diaryl/α,β-unsaturated/α-hetero) is 1. The van der Waals surface area contributed by atoms with Crippen molar-refractivity contribution in [1.29, 1.82) is 0 Å². The molecular formula is C34H33N4O7-. The molecule has 4 aromatic rings. The monoisotopic (exact) mass is 609 g/mol. The molecule has 45 heavy (non-hydrogen) atoms. The van der Waals surface area contributed by atoms with Gasteiger partial charge in [-0.05, 0) is 49.7 Å². The van der Waals surface area contributed by atoms with Gasteiger partial charge in [0.2, 0.25) is 0 Å². The molecule has 0 saturated carbocycles. The summed E-state index contributed by atoms with van der Waals surface area (Å²) >= 11 is 0. The van der Waals surface area contributed by atoms with Crippen molar-refractivity contribution in [2.75, 3.05) is 26.3 Å². The van der Waals surface area contributed by atoms with E-state index in [1.165, 1.54) is 18.5 Å². The van der Waals surface area contributed by atoms with Crippen LogP contribution < -0.4 is 19.3 Å². The molecule has 1 saturated heterocycles. The lowest BCUT2D eigenvalue weighted by Crippen LogP contribution is -2.52. The van der Waals surface area contributed by atoms with Crippen LogP contribution in [0.4, 0.5) is 0 Å². The highest BCUT2D eigenvalue weighted by Gasteiger charge is 2.44. The van der Waals surface area contributed by atoms with Crippen LogP contribution in [0.2, 0.25) is 0 Å². The van der Waals surface area contributed by atoms with Crippen LogP contribution in [0.15, 0.2) is 61.2 Å². The topological polar surface area (TPSA) is 136 Å². The van der Waals surface area contributed by atoms with E-state index in [2.05, 4.69) is 10.1 Å². The molecule has 0 bridgehead atoms. The maximum atomic E-state index is 13.8. The summed E-state index contributed by atoms with van der Waals surface area (Å²) in [6.07, 6.45) is 7.55. The van der Waals surface area contributed by atoms with Crippen LogP contribution in [-0.2, 0) is 7.05 Å². The number of hydrogen-bond acceptors (Lipinski definition) is 9. The fourth-order valence-electron chi connectivity index (χ4n) is 6.05. The number of hydrogen-bond donors (Lipinski definition) is 0. The number of aromatic nitrogens is 3. The molecule has 1 amide bonds. The number of nitrogens with zero attached hydrogens (tertiary/aromatic N) is 4. The van der Waals surface area contributed by atoms with E-state index < -0.39 is 11.6 Å². The molecule has 2 aliphatic rings. The molecule has 232 valence electrons.